The van der Waals surface area contributed by atoms with Gasteiger partial charge in [-0.1, -0.05) is 23.7 Å². The Bertz CT molecular complexity index is 1030. The second-order valence-corrected chi connectivity index (χ2v) is 5.93. The number of anilines is 2. The molecule has 0 bridgehead atoms. The second-order valence-electron chi connectivity index (χ2n) is 5.57. The first kappa shape index (κ1) is 19.9. The fourth-order valence-corrected chi connectivity index (χ4v) is 2.40. The molecule has 0 fully saturated rings. The number of ether oxygens (including phenoxy) is 1. The molecule has 3 aromatic rings. The van der Waals surface area contributed by atoms with E-state index in [1.165, 1.54) is 29.3 Å². The fraction of sp³-hybridized carbons (Fsp3) is 0.118. The summed E-state index contributed by atoms with van der Waals surface area (Å²) in [6.07, 6.45) is 2.76. The number of amides is 2. The molecule has 2 N–H and O–H groups in total. The number of hydrogen-bond acceptors (Lipinski definition) is 8. The zero-order chi connectivity index (χ0) is 20.6. The van der Waals surface area contributed by atoms with Gasteiger partial charge in [0.25, 0.3) is 5.91 Å². The number of benzene rings is 1. The lowest BCUT2D eigenvalue weighted by molar-refractivity contribution is -0.119. The summed E-state index contributed by atoms with van der Waals surface area (Å²) in [5.74, 6) is -1.81. The number of pyridine rings is 1. The number of aromatic nitrogens is 5. The van der Waals surface area contributed by atoms with E-state index in [4.69, 9.17) is 16.3 Å². The van der Waals surface area contributed by atoms with Gasteiger partial charge in [-0.25, -0.2) is 14.5 Å². The van der Waals surface area contributed by atoms with Crippen LogP contribution >= 0.6 is 11.6 Å². The maximum atomic E-state index is 12.4. The Morgan fingerprint density at radius 2 is 1.79 bits per heavy atom. The van der Waals surface area contributed by atoms with Gasteiger partial charge in [0, 0.05) is 6.20 Å². The average Bonchev–Trinajstić information content (AvgIpc) is 3.21. The van der Waals surface area contributed by atoms with Crippen molar-refractivity contribution in [2.24, 2.45) is 0 Å². The third-order valence-electron chi connectivity index (χ3n) is 3.49. The third-order valence-corrected chi connectivity index (χ3v) is 3.79. The molecule has 0 spiro atoms. The molecule has 0 aliphatic carbocycles. The highest BCUT2D eigenvalue weighted by molar-refractivity contribution is 6.32. The third kappa shape index (κ3) is 5.56. The smallest absolute Gasteiger partial charge is 0.340 e. The number of tetrazole rings is 1. The first-order valence-corrected chi connectivity index (χ1v) is 8.58. The van der Waals surface area contributed by atoms with E-state index < -0.39 is 24.4 Å². The van der Waals surface area contributed by atoms with Crippen LogP contribution in [0.5, 0.6) is 0 Å². The minimum atomic E-state index is -0.782. The van der Waals surface area contributed by atoms with Gasteiger partial charge < -0.3 is 15.4 Å². The minimum absolute atomic E-state index is 0.0878. The fourth-order valence-electron chi connectivity index (χ4n) is 2.23. The normalized spacial score (nSPS) is 10.2. The molecule has 148 valence electrons. The quantitative estimate of drug-likeness (QED) is 0.432. The van der Waals surface area contributed by atoms with E-state index >= 15 is 0 Å². The van der Waals surface area contributed by atoms with Gasteiger partial charge in [0.15, 0.2) is 11.8 Å². The Kier molecular flexibility index (Phi) is 6.43. The lowest BCUT2D eigenvalue weighted by Gasteiger charge is -2.11. The van der Waals surface area contributed by atoms with Gasteiger partial charge >= 0.3 is 5.97 Å². The number of nitrogens with one attached hydrogen (secondary N) is 2. The van der Waals surface area contributed by atoms with Crippen molar-refractivity contribution in [3.05, 3.63) is 59.6 Å². The van der Waals surface area contributed by atoms with Gasteiger partial charge in [-0.2, -0.15) is 0 Å². The van der Waals surface area contributed by atoms with Crippen LogP contribution in [0.15, 0.2) is 48.9 Å². The Morgan fingerprint density at radius 3 is 2.55 bits per heavy atom. The summed E-state index contributed by atoms with van der Waals surface area (Å²) in [6, 6.07) is 9.39. The number of rotatable bonds is 7. The van der Waals surface area contributed by atoms with Crippen LogP contribution in [0.2, 0.25) is 5.15 Å². The van der Waals surface area contributed by atoms with Crippen LogP contribution in [0.1, 0.15) is 10.4 Å². The average molecular weight is 416 g/mol. The Morgan fingerprint density at radius 1 is 1.03 bits per heavy atom. The molecule has 0 saturated carbocycles. The van der Waals surface area contributed by atoms with E-state index in [1.807, 2.05) is 0 Å². The lowest BCUT2D eigenvalue weighted by atomic mass is 10.2. The molecular formula is C17H14ClN7O4. The van der Waals surface area contributed by atoms with E-state index in [0.29, 0.717) is 5.69 Å². The number of carbonyl (C=O) groups is 3. The van der Waals surface area contributed by atoms with Crippen LogP contribution in [0.4, 0.5) is 11.4 Å². The number of halogens is 1. The maximum absolute atomic E-state index is 12.4. The highest BCUT2D eigenvalue weighted by Gasteiger charge is 2.16. The van der Waals surface area contributed by atoms with Crippen molar-refractivity contribution >= 4 is 40.8 Å². The van der Waals surface area contributed by atoms with Crippen LogP contribution in [-0.4, -0.2) is 49.6 Å². The predicted molar refractivity (Wildman–Crippen MR) is 101 cm³/mol. The molecule has 0 radical (unpaired) electrons. The summed E-state index contributed by atoms with van der Waals surface area (Å²) in [6.45, 7) is -0.679. The van der Waals surface area contributed by atoms with Gasteiger partial charge in [0.2, 0.25) is 5.91 Å². The summed E-state index contributed by atoms with van der Waals surface area (Å²) in [5.41, 5.74) is 0.613. The topological polar surface area (TPSA) is 141 Å². The van der Waals surface area contributed by atoms with Crippen molar-refractivity contribution in [3.8, 4) is 0 Å². The second kappa shape index (κ2) is 9.37. The molecule has 2 aromatic heterocycles. The van der Waals surface area contributed by atoms with Gasteiger partial charge in [-0.15, -0.1) is 5.10 Å². The summed E-state index contributed by atoms with van der Waals surface area (Å²) < 4.78 is 6.25. The van der Waals surface area contributed by atoms with Crippen molar-refractivity contribution in [3.63, 3.8) is 0 Å². The lowest BCUT2D eigenvalue weighted by Crippen LogP contribution is -2.23. The van der Waals surface area contributed by atoms with Gasteiger partial charge in [0.1, 0.15) is 12.9 Å². The summed E-state index contributed by atoms with van der Waals surface area (Å²) in [5, 5.41) is 15.6. The van der Waals surface area contributed by atoms with E-state index in [9.17, 15) is 14.4 Å². The van der Waals surface area contributed by atoms with E-state index in [2.05, 4.69) is 31.1 Å². The molecule has 0 unspecified atom stereocenters. The van der Waals surface area contributed by atoms with E-state index in [1.54, 1.807) is 24.3 Å². The highest BCUT2D eigenvalue weighted by atomic mass is 35.5. The maximum Gasteiger partial charge on any atom is 0.340 e. The number of nitrogens with zero attached hydrogens (tertiary/aromatic N) is 5. The van der Waals surface area contributed by atoms with Crippen LogP contribution in [0, 0.1) is 0 Å². The Balaban J connectivity index is 1.58. The molecule has 29 heavy (non-hydrogen) atoms. The molecule has 0 aliphatic rings. The molecule has 0 atom stereocenters. The monoisotopic (exact) mass is 415 g/mol. The molecule has 1 aromatic carbocycles. The Hall–Kier alpha value is -3.86. The van der Waals surface area contributed by atoms with Gasteiger partial charge in [0.05, 0.1) is 16.9 Å². The van der Waals surface area contributed by atoms with Crippen molar-refractivity contribution < 1.29 is 19.1 Å². The Labute approximate surface area is 169 Å². The number of carbonyl (C=O) groups excluding carboxylic acids is 3. The number of para-hydroxylation sites is 1. The van der Waals surface area contributed by atoms with Crippen molar-refractivity contribution in [2.75, 3.05) is 17.2 Å². The SMILES string of the molecule is O=C(Cn1cnnn1)Nc1ccccc1C(=O)OCC(=O)Nc1cccnc1Cl. The molecule has 11 nitrogen and oxygen atoms in total. The standard InChI is InChI=1S/C17H14ClN7O4/c18-16-13(6-3-7-19-16)22-15(27)9-29-17(28)11-4-1-2-5-12(11)21-14(26)8-25-10-20-23-24-25/h1-7,10H,8-9H2,(H,21,26)(H,22,27). The molecule has 2 amide bonds. The summed E-state index contributed by atoms with van der Waals surface area (Å²) in [7, 11) is 0. The van der Waals surface area contributed by atoms with Crippen molar-refractivity contribution in [1.82, 2.24) is 25.2 Å². The zero-order valence-electron chi connectivity index (χ0n) is 14.8. The number of hydrogen-bond donors (Lipinski definition) is 2. The van der Waals surface area contributed by atoms with E-state index in [0.717, 1.165) is 0 Å². The van der Waals surface area contributed by atoms with Crippen LogP contribution in [0.25, 0.3) is 0 Å². The molecular weight excluding hydrogens is 402 g/mol. The molecule has 12 heteroatoms. The van der Waals surface area contributed by atoms with Gasteiger partial charge in [-0.3, -0.25) is 9.59 Å². The highest BCUT2D eigenvalue weighted by Crippen LogP contribution is 2.18. The van der Waals surface area contributed by atoms with Crippen LogP contribution < -0.4 is 10.6 Å². The van der Waals surface area contributed by atoms with Gasteiger partial charge in [-0.05, 0) is 34.7 Å². The van der Waals surface area contributed by atoms with E-state index in [-0.39, 0.29) is 22.9 Å². The number of esters is 1. The first-order valence-electron chi connectivity index (χ1n) is 8.20. The summed E-state index contributed by atoms with van der Waals surface area (Å²) >= 11 is 5.86. The summed E-state index contributed by atoms with van der Waals surface area (Å²) in [4.78, 5) is 40.3. The largest absolute Gasteiger partial charge is 0.452 e. The minimum Gasteiger partial charge on any atom is -0.452 e. The molecule has 0 aliphatic heterocycles. The molecule has 0 saturated heterocycles. The zero-order valence-corrected chi connectivity index (χ0v) is 15.5. The van der Waals surface area contributed by atoms with Crippen LogP contribution in [-0.2, 0) is 20.9 Å². The van der Waals surface area contributed by atoms with Crippen LogP contribution in [0.3, 0.4) is 0 Å². The first-order chi connectivity index (χ1) is 14.0. The van der Waals surface area contributed by atoms with Crippen molar-refractivity contribution in [2.45, 2.75) is 6.54 Å². The molecule has 2 heterocycles. The van der Waals surface area contributed by atoms with Crippen molar-refractivity contribution in [1.29, 1.82) is 0 Å². The molecule has 3 rings (SSSR count). The predicted octanol–water partition coefficient (Wildman–Crippen LogP) is 1.16.